The van der Waals surface area contributed by atoms with Gasteiger partial charge >= 0.3 is 6.03 Å². The number of carbonyl (C=O) groups is 1. The first-order chi connectivity index (χ1) is 12.2. The molecule has 128 valence electrons. The minimum absolute atomic E-state index is 0.158. The van der Waals surface area contributed by atoms with Crippen LogP contribution in [0.4, 0.5) is 16.2 Å². The van der Waals surface area contributed by atoms with Gasteiger partial charge in [0.15, 0.2) is 0 Å². The summed E-state index contributed by atoms with van der Waals surface area (Å²) >= 11 is 0. The Hall–Kier alpha value is -3.00. The van der Waals surface area contributed by atoms with Gasteiger partial charge in [-0.15, -0.1) is 0 Å². The summed E-state index contributed by atoms with van der Waals surface area (Å²) in [6, 6.07) is 17.2. The van der Waals surface area contributed by atoms with Crippen LogP contribution in [0, 0.1) is 11.3 Å². The fourth-order valence-electron chi connectivity index (χ4n) is 3.11. The molecule has 1 N–H and O–H groups in total. The van der Waals surface area contributed by atoms with Crippen LogP contribution < -0.4 is 10.2 Å². The molecule has 0 aromatic heterocycles. The second kappa shape index (κ2) is 7.71. The Morgan fingerprint density at radius 1 is 1.20 bits per heavy atom. The van der Waals surface area contributed by atoms with Gasteiger partial charge in [0.05, 0.1) is 23.0 Å². The summed E-state index contributed by atoms with van der Waals surface area (Å²) in [6.07, 6.45) is 2.38. The van der Waals surface area contributed by atoms with Crippen molar-refractivity contribution in [2.75, 3.05) is 30.4 Å². The first kappa shape index (κ1) is 16.8. The van der Waals surface area contributed by atoms with E-state index in [2.05, 4.69) is 22.4 Å². The quantitative estimate of drug-likeness (QED) is 0.924. The van der Waals surface area contributed by atoms with E-state index in [0.717, 1.165) is 30.0 Å². The molecule has 5 nitrogen and oxygen atoms in total. The van der Waals surface area contributed by atoms with Crippen LogP contribution in [-0.4, -0.2) is 31.1 Å². The van der Waals surface area contributed by atoms with Crippen LogP contribution in [0.5, 0.6) is 0 Å². The average Bonchev–Trinajstić information content (AvgIpc) is 3.16. The molecule has 1 fully saturated rings. The van der Waals surface area contributed by atoms with E-state index in [1.165, 1.54) is 12.8 Å². The third kappa shape index (κ3) is 4.10. The van der Waals surface area contributed by atoms with Crippen LogP contribution in [0.2, 0.25) is 0 Å². The minimum Gasteiger partial charge on any atom is -0.370 e. The van der Waals surface area contributed by atoms with Crippen molar-refractivity contribution in [2.24, 2.45) is 0 Å². The van der Waals surface area contributed by atoms with Gasteiger partial charge in [-0.1, -0.05) is 24.3 Å². The Labute approximate surface area is 148 Å². The molecule has 1 saturated heterocycles. The van der Waals surface area contributed by atoms with Crippen LogP contribution in [0.25, 0.3) is 0 Å². The summed E-state index contributed by atoms with van der Waals surface area (Å²) in [6.45, 7) is 2.51. The number of anilines is 2. The lowest BCUT2D eigenvalue weighted by Gasteiger charge is -2.23. The fourth-order valence-corrected chi connectivity index (χ4v) is 3.11. The number of urea groups is 1. The molecule has 1 heterocycles. The van der Waals surface area contributed by atoms with E-state index in [9.17, 15) is 4.79 Å². The van der Waals surface area contributed by atoms with Crippen LogP contribution in [0.15, 0.2) is 48.5 Å². The number of nitrogens with zero attached hydrogens (tertiary/aromatic N) is 3. The number of para-hydroxylation sites is 2. The molecule has 0 radical (unpaired) electrons. The van der Waals surface area contributed by atoms with E-state index in [0.29, 0.717) is 12.1 Å². The highest BCUT2D eigenvalue weighted by atomic mass is 16.2. The molecule has 0 bridgehead atoms. The number of hydrogen-bond acceptors (Lipinski definition) is 3. The first-order valence-electron chi connectivity index (χ1n) is 8.52. The predicted molar refractivity (Wildman–Crippen MR) is 99.5 cm³/mol. The number of nitriles is 1. The predicted octanol–water partition coefficient (Wildman–Crippen LogP) is 3.82. The maximum absolute atomic E-state index is 12.6. The summed E-state index contributed by atoms with van der Waals surface area (Å²) in [5.41, 5.74) is 3.45. The van der Waals surface area contributed by atoms with Crippen LogP contribution in [0.3, 0.4) is 0 Å². The van der Waals surface area contributed by atoms with E-state index in [1.54, 1.807) is 18.0 Å². The molecule has 2 amide bonds. The van der Waals surface area contributed by atoms with Crippen molar-refractivity contribution in [2.45, 2.75) is 19.4 Å². The van der Waals surface area contributed by atoms with Gasteiger partial charge in [-0.25, -0.2) is 4.79 Å². The van der Waals surface area contributed by atoms with Crippen molar-refractivity contribution < 1.29 is 4.79 Å². The van der Waals surface area contributed by atoms with E-state index < -0.39 is 0 Å². The maximum Gasteiger partial charge on any atom is 0.321 e. The molecule has 5 heteroatoms. The van der Waals surface area contributed by atoms with Crippen LogP contribution >= 0.6 is 0 Å². The molecule has 0 saturated carbocycles. The topological polar surface area (TPSA) is 59.4 Å². The molecular formula is C20H22N4O. The van der Waals surface area contributed by atoms with Crippen molar-refractivity contribution in [1.82, 2.24) is 4.90 Å². The molecule has 2 aromatic rings. The molecule has 1 aliphatic heterocycles. The zero-order valence-corrected chi connectivity index (χ0v) is 14.4. The minimum atomic E-state index is -0.158. The Kier molecular flexibility index (Phi) is 5.20. The largest absolute Gasteiger partial charge is 0.370 e. The molecule has 3 rings (SSSR count). The highest BCUT2D eigenvalue weighted by molar-refractivity contribution is 5.93. The monoisotopic (exact) mass is 334 g/mol. The molecule has 1 aliphatic rings. The van der Waals surface area contributed by atoms with E-state index in [-0.39, 0.29) is 6.03 Å². The summed E-state index contributed by atoms with van der Waals surface area (Å²) in [5, 5.41) is 12.0. The van der Waals surface area contributed by atoms with Crippen molar-refractivity contribution in [1.29, 1.82) is 5.26 Å². The Balaban J connectivity index is 1.68. The second-order valence-corrected chi connectivity index (χ2v) is 6.31. The van der Waals surface area contributed by atoms with Gasteiger partial charge in [0.1, 0.15) is 0 Å². The maximum atomic E-state index is 12.6. The van der Waals surface area contributed by atoms with Gasteiger partial charge in [-0.05, 0) is 42.7 Å². The SMILES string of the molecule is CN(Cc1cccc(C#N)c1)C(=O)Nc1ccccc1N1CCCC1. The number of benzene rings is 2. The van der Waals surface area contributed by atoms with Gasteiger partial charge < -0.3 is 15.1 Å². The highest BCUT2D eigenvalue weighted by Crippen LogP contribution is 2.28. The Bertz CT molecular complexity index is 790. The zero-order valence-electron chi connectivity index (χ0n) is 14.4. The van der Waals surface area contributed by atoms with E-state index >= 15 is 0 Å². The third-order valence-electron chi connectivity index (χ3n) is 4.41. The molecule has 0 atom stereocenters. The van der Waals surface area contributed by atoms with Gasteiger partial charge in [0.25, 0.3) is 0 Å². The average molecular weight is 334 g/mol. The molecule has 25 heavy (non-hydrogen) atoms. The van der Waals surface area contributed by atoms with Crippen LogP contribution in [0.1, 0.15) is 24.0 Å². The fraction of sp³-hybridized carbons (Fsp3) is 0.300. The number of rotatable bonds is 4. The van der Waals surface area contributed by atoms with Gasteiger partial charge in [0, 0.05) is 26.7 Å². The molecule has 2 aromatic carbocycles. The lowest BCUT2D eigenvalue weighted by Crippen LogP contribution is -2.31. The Morgan fingerprint density at radius 2 is 1.96 bits per heavy atom. The normalized spacial score (nSPS) is 13.4. The first-order valence-corrected chi connectivity index (χ1v) is 8.52. The van der Waals surface area contributed by atoms with Gasteiger partial charge in [-0.2, -0.15) is 5.26 Å². The van der Waals surface area contributed by atoms with E-state index in [4.69, 9.17) is 5.26 Å². The summed E-state index contributed by atoms with van der Waals surface area (Å²) < 4.78 is 0. The van der Waals surface area contributed by atoms with Gasteiger partial charge in [0.2, 0.25) is 0 Å². The summed E-state index contributed by atoms with van der Waals surface area (Å²) in [7, 11) is 1.76. The smallest absolute Gasteiger partial charge is 0.321 e. The third-order valence-corrected chi connectivity index (χ3v) is 4.41. The lowest BCUT2D eigenvalue weighted by atomic mass is 10.1. The lowest BCUT2D eigenvalue weighted by molar-refractivity contribution is 0.220. The van der Waals surface area contributed by atoms with E-state index in [1.807, 2.05) is 36.4 Å². The van der Waals surface area contributed by atoms with Crippen molar-refractivity contribution >= 4 is 17.4 Å². The Morgan fingerprint density at radius 3 is 2.72 bits per heavy atom. The van der Waals surface area contributed by atoms with Crippen molar-refractivity contribution in [3.8, 4) is 6.07 Å². The van der Waals surface area contributed by atoms with Crippen molar-refractivity contribution in [3.63, 3.8) is 0 Å². The second-order valence-electron chi connectivity index (χ2n) is 6.31. The standard InChI is InChI=1S/C20H22N4O/c1-23(15-17-8-6-7-16(13-17)14-21)20(25)22-18-9-2-3-10-19(18)24-11-4-5-12-24/h2-3,6-10,13H,4-5,11-12,15H2,1H3,(H,22,25). The summed E-state index contributed by atoms with van der Waals surface area (Å²) in [5.74, 6) is 0. The number of carbonyl (C=O) groups excluding carboxylic acids is 1. The van der Waals surface area contributed by atoms with Crippen LogP contribution in [-0.2, 0) is 6.54 Å². The highest BCUT2D eigenvalue weighted by Gasteiger charge is 2.17. The molecular weight excluding hydrogens is 312 g/mol. The molecule has 0 aliphatic carbocycles. The number of nitrogens with one attached hydrogen (secondary N) is 1. The van der Waals surface area contributed by atoms with Crippen molar-refractivity contribution in [3.05, 3.63) is 59.7 Å². The number of hydrogen-bond donors (Lipinski definition) is 1. The summed E-state index contributed by atoms with van der Waals surface area (Å²) in [4.78, 5) is 16.5. The number of amides is 2. The zero-order chi connectivity index (χ0) is 17.6. The molecule has 0 unspecified atom stereocenters. The van der Waals surface area contributed by atoms with Gasteiger partial charge in [-0.3, -0.25) is 0 Å². The molecule has 0 spiro atoms.